The summed E-state index contributed by atoms with van der Waals surface area (Å²) in [5.41, 5.74) is 7.00. The molecule has 278 valence electrons. The Kier molecular flexibility index (Phi) is 11.6. The summed E-state index contributed by atoms with van der Waals surface area (Å²) in [5.74, 6) is 0.309. The molecule has 0 radical (unpaired) electrons. The topological polar surface area (TPSA) is 108 Å². The molecule has 1 atom stereocenters. The van der Waals surface area contributed by atoms with E-state index >= 15 is 0 Å². The minimum Gasteiger partial charge on any atom is -0.445 e. The van der Waals surface area contributed by atoms with Crippen molar-refractivity contribution in [1.29, 1.82) is 0 Å². The smallest absolute Gasteiger partial charge is 0.445 e. The lowest BCUT2D eigenvalue weighted by molar-refractivity contribution is -0.274. The van der Waals surface area contributed by atoms with Gasteiger partial charge in [-0.1, -0.05) is 86.1 Å². The normalized spacial score (nSPS) is 12.4. The summed E-state index contributed by atoms with van der Waals surface area (Å²) in [6.07, 6.45) is -4.83. The SMILES string of the molecule is Cc1ccc(-n2c(C)cs/c2=N\C(=S)NC(NC(=O)OCc2ccccc2)c2ccc(-c3ncn(-c4ccc(OC(F)(F)F)cc4)n3)cc2)c(C(C)C)c1. The van der Waals surface area contributed by atoms with Crippen LogP contribution in [0.25, 0.3) is 22.8 Å². The second-order valence-electron chi connectivity index (χ2n) is 12.6. The number of carbonyl (C=O) groups excluding carboxylic acids is 1. The van der Waals surface area contributed by atoms with Gasteiger partial charge in [-0.15, -0.1) is 29.6 Å². The van der Waals surface area contributed by atoms with Gasteiger partial charge in [0.05, 0.1) is 11.4 Å². The van der Waals surface area contributed by atoms with E-state index in [1.165, 1.54) is 57.7 Å². The van der Waals surface area contributed by atoms with Crippen LogP contribution in [0, 0.1) is 13.8 Å². The third-order valence-electron chi connectivity index (χ3n) is 8.19. The Balaban J connectivity index is 1.24. The summed E-state index contributed by atoms with van der Waals surface area (Å²) in [4.78, 5) is 22.9. The molecule has 54 heavy (non-hydrogen) atoms. The summed E-state index contributed by atoms with van der Waals surface area (Å²) in [6, 6.07) is 28.1. The van der Waals surface area contributed by atoms with Crippen molar-refractivity contribution >= 4 is 34.8 Å². The van der Waals surface area contributed by atoms with Crippen molar-refractivity contribution in [3.63, 3.8) is 0 Å². The third kappa shape index (κ3) is 9.59. The lowest BCUT2D eigenvalue weighted by Gasteiger charge is -2.21. The number of carbonyl (C=O) groups is 1. The highest BCUT2D eigenvalue weighted by atomic mass is 32.1. The van der Waals surface area contributed by atoms with Crippen molar-refractivity contribution in [2.45, 2.75) is 52.7 Å². The number of benzene rings is 4. The zero-order chi connectivity index (χ0) is 38.4. The number of rotatable bonds is 10. The fraction of sp³-hybridized carbons (Fsp3) is 0.205. The van der Waals surface area contributed by atoms with Gasteiger partial charge in [-0.3, -0.25) is 9.88 Å². The van der Waals surface area contributed by atoms with Gasteiger partial charge in [0.25, 0.3) is 0 Å². The standard InChI is InChI=1S/C39H36F3N7O3S2/c1-24(2)32-20-25(3)10-19-33(32)49-26(4)22-54-37(49)46-36(53)44-35(45-38(50)51-21-27-8-6-5-7-9-27)29-13-11-28(12-14-29)34-43-23-48(47-34)30-15-17-31(18-16-30)52-39(40,41)42/h5-20,22-24,35H,21H2,1-4H3,(H,44,53)(H,45,50)/b46-37-. The van der Waals surface area contributed by atoms with Gasteiger partial charge in [-0.25, -0.2) is 14.5 Å². The monoisotopic (exact) mass is 771 g/mol. The molecule has 2 heterocycles. The third-order valence-corrected chi connectivity index (χ3v) is 9.35. The lowest BCUT2D eigenvalue weighted by Crippen LogP contribution is -2.40. The van der Waals surface area contributed by atoms with Crippen LogP contribution in [0.2, 0.25) is 0 Å². The Hall–Kier alpha value is -5.80. The molecule has 1 amide bonds. The van der Waals surface area contributed by atoms with Crippen molar-refractivity contribution in [3.05, 3.63) is 142 Å². The molecule has 0 saturated heterocycles. The molecule has 10 nitrogen and oxygen atoms in total. The predicted octanol–water partition coefficient (Wildman–Crippen LogP) is 8.83. The van der Waals surface area contributed by atoms with Crippen molar-refractivity contribution in [2.24, 2.45) is 4.99 Å². The summed E-state index contributed by atoms with van der Waals surface area (Å²) in [6.45, 7) is 8.47. The van der Waals surface area contributed by atoms with Gasteiger partial charge in [0.2, 0.25) is 0 Å². The minimum absolute atomic E-state index is 0.0722. The van der Waals surface area contributed by atoms with Crippen LogP contribution in [-0.2, 0) is 11.3 Å². The van der Waals surface area contributed by atoms with E-state index in [4.69, 9.17) is 21.9 Å². The average molecular weight is 772 g/mol. The zero-order valence-electron chi connectivity index (χ0n) is 29.7. The Bertz CT molecular complexity index is 2300. The maximum absolute atomic E-state index is 13.1. The number of thiocarbonyl (C=S) groups is 1. The molecule has 4 aromatic carbocycles. The van der Waals surface area contributed by atoms with Gasteiger partial charge >= 0.3 is 12.5 Å². The molecule has 0 aliphatic rings. The Labute approximate surface area is 319 Å². The molecule has 2 N–H and O–H groups in total. The first-order valence-electron chi connectivity index (χ1n) is 16.8. The van der Waals surface area contributed by atoms with Crippen molar-refractivity contribution in [2.75, 3.05) is 0 Å². The number of ether oxygens (including phenoxy) is 2. The van der Waals surface area contributed by atoms with E-state index < -0.39 is 18.6 Å². The van der Waals surface area contributed by atoms with E-state index in [1.807, 2.05) is 42.6 Å². The number of nitrogens with zero attached hydrogens (tertiary/aromatic N) is 5. The molecule has 0 saturated carbocycles. The Morgan fingerprint density at radius 2 is 1.69 bits per heavy atom. The summed E-state index contributed by atoms with van der Waals surface area (Å²) in [5, 5.41) is 12.7. The Morgan fingerprint density at radius 3 is 2.37 bits per heavy atom. The molecule has 0 aliphatic carbocycles. The van der Waals surface area contributed by atoms with Crippen LogP contribution >= 0.6 is 23.6 Å². The van der Waals surface area contributed by atoms with E-state index in [0.29, 0.717) is 27.4 Å². The zero-order valence-corrected chi connectivity index (χ0v) is 31.3. The molecule has 0 fully saturated rings. The molecule has 0 aliphatic heterocycles. The van der Waals surface area contributed by atoms with E-state index in [1.54, 1.807) is 24.3 Å². The maximum Gasteiger partial charge on any atom is 0.573 e. The van der Waals surface area contributed by atoms with Gasteiger partial charge in [0.1, 0.15) is 24.8 Å². The van der Waals surface area contributed by atoms with Gasteiger partial charge in [-0.05, 0) is 79.0 Å². The highest BCUT2D eigenvalue weighted by Gasteiger charge is 2.31. The molecular formula is C39H36F3N7O3S2. The second-order valence-corrected chi connectivity index (χ2v) is 13.8. The van der Waals surface area contributed by atoms with Crippen LogP contribution < -0.4 is 20.2 Å². The van der Waals surface area contributed by atoms with E-state index in [9.17, 15) is 18.0 Å². The lowest BCUT2D eigenvalue weighted by atomic mass is 9.99. The van der Waals surface area contributed by atoms with Gasteiger partial charge in [0, 0.05) is 16.6 Å². The quantitative estimate of drug-likeness (QED) is 0.106. The summed E-state index contributed by atoms with van der Waals surface area (Å²) in [7, 11) is 0. The predicted molar refractivity (Wildman–Crippen MR) is 204 cm³/mol. The van der Waals surface area contributed by atoms with Crippen molar-refractivity contribution in [3.8, 4) is 28.5 Å². The van der Waals surface area contributed by atoms with Gasteiger partial charge in [0.15, 0.2) is 15.7 Å². The molecule has 1 unspecified atom stereocenters. The number of alkyl carbamates (subject to hydrolysis) is 1. The molecule has 6 rings (SSSR count). The fourth-order valence-corrected chi connectivity index (χ4v) is 6.71. The van der Waals surface area contributed by atoms with Crippen LogP contribution in [0.5, 0.6) is 5.75 Å². The van der Waals surface area contributed by atoms with Crippen LogP contribution in [0.15, 0.2) is 114 Å². The Morgan fingerprint density at radius 1 is 0.963 bits per heavy atom. The molecule has 6 aromatic rings. The minimum atomic E-state index is -4.79. The van der Waals surface area contributed by atoms with Crippen molar-refractivity contribution < 1.29 is 27.4 Å². The largest absolute Gasteiger partial charge is 0.573 e. The van der Waals surface area contributed by atoms with Crippen molar-refractivity contribution in [1.82, 2.24) is 30.0 Å². The number of thiazole rings is 1. The van der Waals surface area contributed by atoms with Crippen LogP contribution in [0.4, 0.5) is 18.0 Å². The van der Waals surface area contributed by atoms with E-state index in [0.717, 1.165) is 16.9 Å². The number of amides is 1. The highest BCUT2D eigenvalue weighted by Crippen LogP contribution is 2.26. The highest BCUT2D eigenvalue weighted by molar-refractivity contribution is 7.80. The number of aryl methyl sites for hydroxylation is 2. The van der Waals surface area contributed by atoms with Gasteiger partial charge in [-0.2, -0.15) is 4.99 Å². The first-order chi connectivity index (χ1) is 25.8. The van der Waals surface area contributed by atoms with Crippen LogP contribution in [0.1, 0.15) is 53.9 Å². The number of alkyl halides is 3. The van der Waals surface area contributed by atoms with Crippen LogP contribution in [-0.4, -0.2) is 36.9 Å². The average Bonchev–Trinajstić information content (AvgIpc) is 3.77. The maximum atomic E-state index is 13.1. The summed E-state index contributed by atoms with van der Waals surface area (Å²) >= 11 is 7.21. The number of hydrogen-bond donors (Lipinski definition) is 2. The van der Waals surface area contributed by atoms with Crippen LogP contribution in [0.3, 0.4) is 0 Å². The number of aromatic nitrogens is 4. The molecule has 15 heteroatoms. The fourth-order valence-electron chi connectivity index (χ4n) is 5.58. The number of nitrogens with one attached hydrogen (secondary N) is 2. The molecule has 0 bridgehead atoms. The molecule has 0 spiro atoms. The number of halogens is 3. The van der Waals surface area contributed by atoms with E-state index in [2.05, 4.69) is 69.0 Å². The summed E-state index contributed by atoms with van der Waals surface area (Å²) < 4.78 is 50.7. The first-order valence-corrected chi connectivity index (χ1v) is 18.1. The van der Waals surface area contributed by atoms with Gasteiger partial charge < -0.3 is 14.8 Å². The molecule has 2 aromatic heterocycles. The first kappa shape index (κ1) is 37.9. The molecular weight excluding hydrogens is 736 g/mol. The number of hydrogen-bond acceptors (Lipinski definition) is 7. The van der Waals surface area contributed by atoms with E-state index in [-0.39, 0.29) is 23.4 Å². The second kappa shape index (κ2) is 16.5.